The van der Waals surface area contributed by atoms with E-state index in [0.29, 0.717) is 0 Å². The second kappa shape index (κ2) is 5.44. The van der Waals surface area contributed by atoms with Gasteiger partial charge < -0.3 is 6.15 Å². The zero-order chi connectivity index (χ0) is 4.99. The van der Waals surface area contributed by atoms with E-state index in [1.165, 1.54) is 5.57 Å². The molecular formula is C6H13N. The van der Waals surface area contributed by atoms with Gasteiger partial charge in [-0.25, -0.2) is 0 Å². The highest BCUT2D eigenvalue weighted by atomic mass is 14.0. The molecule has 0 aromatic carbocycles. The Kier molecular flexibility index (Phi) is 7.51. The molecule has 0 amide bonds. The Morgan fingerprint density at radius 1 is 1.57 bits per heavy atom. The van der Waals surface area contributed by atoms with Crippen LogP contribution in [0.25, 0.3) is 0 Å². The van der Waals surface area contributed by atoms with Crippen LogP contribution in [0, 0.1) is 0 Å². The topological polar surface area (TPSA) is 35.0 Å². The summed E-state index contributed by atoms with van der Waals surface area (Å²) in [5.41, 5.74) is 1.23. The Labute approximate surface area is 45.3 Å². The van der Waals surface area contributed by atoms with Crippen LogP contribution in [0.2, 0.25) is 0 Å². The molecule has 0 fully saturated rings. The lowest BCUT2D eigenvalue weighted by Gasteiger charge is -1.78. The van der Waals surface area contributed by atoms with E-state index in [2.05, 4.69) is 6.58 Å². The largest absolute Gasteiger partial charge is 0.344 e. The molecule has 0 bridgehead atoms. The molecule has 0 unspecified atom stereocenters. The molecule has 42 valence electrons. The molecule has 0 heterocycles. The predicted molar refractivity (Wildman–Crippen MR) is 34.7 cm³/mol. The third-order valence-electron chi connectivity index (χ3n) is 0.777. The summed E-state index contributed by atoms with van der Waals surface area (Å²) in [5, 5.41) is 0. The van der Waals surface area contributed by atoms with E-state index in [0.717, 1.165) is 0 Å². The first-order chi connectivity index (χ1) is 2.81. The minimum atomic E-state index is 0. The first-order valence-corrected chi connectivity index (χ1v) is 2.06. The quantitative estimate of drug-likeness (QED) is 0.503. The Bertz CT molecular complexity index is 72.2. The van der Waals surface area contributed by atoms with Crippen LogP contribution in [-0.4, -0.2) is 0 Å². The Balaban J connectivity index is 0. The molecule has 0 aliphatic rings. The summed E-state index contributed by atoms with van der Waals surface area (Å²) >= 11 is 0. The lowest BCUT2D eigenvalue weighted by Crippen LogP contribution is -1.57. The molecule has 0 aliphatic heterocycles. The molecule has 0 radical (unpaired) electrons. The van der Waals surface area contributed by atoms with E-state index in [1.807, 2.05) is 26.0 Å². The second-order valence-electron chi connectivity index (χ2n) is 1.24. The minimum Gasteiger partial charge on any atom is -0.344 e. The Morgan fingerprint density at radius 3 is 2.00 bits per heavy atom. The molecule has 0 aromatic rings. The average Bonchev–Trinajstić information content (AvgIpc) is 1.65. The van der Waals surface area contributed by atoms with Crippen molar-refractivity contribution in [1.82, 2.24) is 6.15 Å². The highest BCUT2D eigenvalue weighted by Crippen LogP contribution is 1.88. The number of rotatable bonds is 1. The zero-order valence-electron chi connectivity index (χ0n) is 5.07. The van der Waals surface area contributed by atoms with Crippen molar-refractivity contribution >= 4 is 0 Å². The summed E-state index contributed by atoms with van der Waals surface area (Å²) in [7, 11) is 0. The molecule has 7 heavy (non-hydrogen) atoms. The summed E-state index contributed by atoms with van der Waals surface area (Å²) in [6.45, 7) is 7.58. The minimum absolute atomic E-state index is 0. The summed E-state index contributed by atoms with van der Waals surface area (Å²) < 4.78 is 0. The number of hydrogen-bond donors (Lipinski definition) is 1. The SMILES string of the molecule is C=C/C(C)=C\C.N. The van der Waals surface area contributed by atoms with E-state index in [9.17, 15) is 0 Å². The van der Waals surface area contributed by atoms with E-state index >= 15 is 0 Å². The molecule has 0 aromatic heterocycles. The van der Waals surface area contributed by atoms with Gasteiger partial charge in [0.2, 0.25) is 0 Å². The van der Waals surface area contributed by atoms with Crippen LogP contribution in [0.3, 0.4) is 0 Å². The molecule has 0 saturated heterocycles. The predicted octanol–water partition coefficient (Wildman–Crippen LogP) is 2.30. The van der Waals surface area contributed by atoms with Crippen molar-refractivity contribution in [3.8, 4) is 0 Å². The normalized spacial score (nSPS) is 9.71. The van der Waals surface area contributed by atoms with Gasteiger partial charge in [0, 0.05) is 0 Å². The van der Waals surface area contributed by atoms with Crippen molar-refractivity contribution in [1.29, 1.82) is 0 Å². The lowest BCUT2D eigenvalue weighted by molar-refractivity contribution is 1.49. The van der Waals surface area contributed by atoms with Gasteiger partial charge in [0.15, 0.2) is 0 Å². The van der Waals surface area contributed by atoms with Crippen molar-refractivity contribution in [3.05, 3.63) is 24.3 Å². The molecule has 0 rings (SSSR count). The van der Waals surface area contributed by atoms with Gasteiger partial charge in [-0.15, -0.1) is 0 Å². The molecule has 1 nitrogen and oxygen atoms in total. The monoisotopic (exact) mass is 99.1 g/mol. The third-order valence-corrected chi connectivity index (χ3v) is 0.777. The molecular weight excluding hydrogens is 86.1 g/mol. The van der Waals surface area contributed by atoms with Crippen LogP contribution in [0.5, 0.6) is 0 Å². The van der Waals surface area contributed by atoms with Crippen LogP contribution in [0.4, 0.5) is 0 Å². The van der Waals surface area contributed by atoms with E-state index in [4.69, 9.17) is 0 Å². The molecule has 0 saturated carbocycles. The lowest BCUT2D eigenvalue weighted by atomic mass is 10.3. The number of allylic oxidation sites excluding steroid dienone is 3. The maximum atomic E-state index is 3.56. The average molecular weight is 99.2 g/mol. The van der Waals surface area contributed by atoms with Crippen molar-refractivity contribution in [2.45, 2.75) is 13.8 Å². The fraction of sp³-hybridized carbons (Fsp3) is 0.333. The van der Waals surface area contributed by atoms with Crippen LogP contribution < -0.4 is 6.15 Å². The first-order valence-electron chi connectivity index (χ1n) is 2.06. The fourth-order valence-corrected chi connectivity index (χ4v) is 0.118. The van der Waals surface area contributed by atoms with Crippen molar-refractivity contribution in [2.24, 2.45) is 0 Å². The Hall–Kier alpha value is -0.560. The van der Waals surface area contributed by atoms with Gasteiger partial charge in [-0.3, -0.25) is 0 Å². The van der Waals surface area contributed by atoms with Gasteiger partial charge in [-0.05, 0) is 13.8 Å². The van der Waals surface area contributed by atoms with Gasteiger partial charge in [-0.2, -0.15) is 0 Å². The summed E-state index contributed by atoms with van der Waals surface area (Å²) in [6, 6.07) is 0. The molecule has 1 heteroatoms. The van der Waals surface area contributed by atoms with E-state index in [-0.39, 0.29) is 6.15 Å². The van der Waals surface area contributed by atoms with Gasteiger partial charge >= 0.3 is 0 Å². The molecule has 0 aliphatic carbocycles. The molecule has 0 atom stereocenters. The highest BCUT2D eigenvalue weighted by Gasteiger charge is 1.66. The van der Waals surface area contributed by atoms with Crippen molar-refractivity contribution in [3.63, 3.8) is 0 Å². The van der Waals surface area contributed by atoms with Crippen LogP contribution in [0.15, 0.2) is 24.3 Å². The van der Waals surface area contributed by atoms with Crippen LogP contribution in [0.1, 0.15) is 13.8 Å². The maximum absolute atomic E-state index is 3.56. The third kappa shape index (κ3) is 5.44. The summed E-state index contributed by atoms with van der Waals surface area (Å²) in [4.78, 5) is 0. The molecule has 3 N–H and O–H groups in total. The van der Waals surface area contributed by atoms with E-state index in [1.54, 1.807) is 0 Å². The van der Waals surface area contributed by atoms with Gasteiger partial charge in [-0.1, -0.05) is 24.3 Å². The highest BCUT2D eigenvalue weighted by molar-refractivity contribution is 5.10. The van der Waals surface area contributed by atoms with Crippen LogP contribution >= 0.6 is 0 Å². The van der Waals surface area contributed by atoms with Crippen molar-refractivity contribution < 1.29 is 0 Å². The maximum Gasteiger partial charge on any atom is -0.0401 e. The molecule has 0 spiro atoms. The number of hydrogen-bond acceptors (Lipinski definition) is 1. The first kappa shape index (κ1) is 9.67. The van der Waals surface area contributed by atoms with Gasteiger partial charge in [0.05, 0.1) is 0 Å². The van der Waals surface area contributed by atoms with Gasteiger partial charge in [0.25, 0.3) is 0 Å². The Morgan fingerprint density at radius 2 is 2.00 bits per heavy atom. The summed E-state index contributed by atoms with van der Waals surface area (Å²) in [5.74, 6) is 0. The van der Waals surface area contributed by atoms with Crippen LogP contribution in [-0.2, 0) is 0 Å². The fourth-order valence-electron chi connectivity index (χ4n) is 0.118. The smallest absolute Gasteiger partial charge is 0.0401 e. The second-order valence-corrected chi connectivity index (χ2v) is 1.24. The van der Waals surface area contributed by atoms with E-state index < -0.39 is 0 Å². The van der Waals surface area contributed by atoms with Crippen molar-refractivity contribution in [2.75, 3.05) is 0 Å². The summed E-state index contributed by atoms with van der Waals surface area (Å²) in [6.07, 6.45) is 3.85. The van der Waals surface area contributed by atoms with Gasteiger partial charge in [0.1, 0.15) is 0 Å². The standard InChI is InChI=1S/C6H10.H3N/c1-4-6(3)5-2;/h4-5H,1H2,2-3H3;1H3/b6-5-;. The zero-order valence-corrected chi connectivity index (χ0v) is 5.07.